The number of carboxylic acids is 1. The number of aromatic carboxylic acids is 1. The second-order valence-electron chi connectivity index (χ2n) is 15.6. The number of benzene rings is 4. The van der Waals surface area contributed by atoms with Crippen LogP contribution >= 0.6 is 12.4 Å². The molecule has 61 heavy (non-hydrogen) atoms. The summed E-state index contributed by atoms with van der Waals surface area (Å²) in [6.07, 6.45) is 0. The number of H-pyrrole nitrogens is 2. The van der Waals surface area contributed by atoms with Gasteiger partial charge < -0.3 is 15.3 Å². The van der Waals surface area contributed by atoms with Gasteiger partial charge in [0.25, 0.3) is 5.91 Å². The zero-order chi connectivity index (χ0) is 42.5. The van der Waals surface area contributed by atoms with E-state index < -0.39 is 5.97 Å². The van der Waals surface area contributed by atoms with Gasteiger partial charge in [0.15, 0.2) is 0 Å². The van der Waals surface area contributed by atoms with Crippen LogP contribution in [0.5, 0.6) is 0 Å². The highest BCUT2D eigenvalue weighted by molar-refractivity contribution is 5.98. The molecule has 0 spiro atoms. The van der Waals surface area contributed by atoms with Crippen LogP contribution in [-0.2, 0) is 0 Å². The number of carbonyl (C=O) groups is 2. The summed E-state index contributed by atoms with van der Waals surface area (Å²) in [4.78, 5) is 26.2. The number of amides is 1. The Hall–Kier alpha value is -6.53. The maximum atomic E-state index is 13.2. The average Bonchev–Trinajstić information content (AvgIpc) is 3.69. The number of halogens is 1. The highest BCUT2D eigenvalue weighted by Gasteiger charge is 2.33. The lowest BCUT2D eigenvalue weighted by Gasteiger charge is -2.40. The number of nitriles is 2. The Kier molecular flexibility index (Phi) is 15.6. The maximum absolute atomic E-state index is 13.2. The summed E-state index contributed by atoms with van der Waals surface area (Å²) >= 11 is 0. The Labute approximate surface area is 365 Å². The number of hydrogen-bond donors (Lipinski definition) is 4. The Bertz CT molecular complexity index is 2600. The number of aromatic nitrogens is 4. The average molecular weight is 839 g/mol. The molecule has 2 fully saturated rings. The minimum Gasteiger partial charge on any atom is -0.478 e. The second-order valence-corrected chi connectivity index (χ2v) is 15.6. The van der Waals surface area contributed by atoms with E-state index in [1.54, 1.807) is 6.07 Å². The highest BCUT2D eigenvalue weighted by atomic mass is 35.5. The number of carboxylic acid groups (broad SMARTS) is 1. The van der Waals surface area contributed by atoms with Crippen LogP contribution in [0.25, 0.3) is 22.5 Å². The van der Waals surface area contributed by atoms with Crippen molar-refractivity contribution in [3.63, 3.8) is 0 Å². The molecule has 8 rings (SSSR count). The molecule has 0 bridgehead atoms. The van der Waals surface area contributed by atoms with Gasteiger partial charge in [-0.1, -0.05) is 43.8 Å². The monoisotopic (exact) mass is 838 g/mol. The van der Waals surface area contributed by atoms with Gasteiger partial charge in [-0.3, -0.25) is 15.0 Å². The fraction of sp³-hybridized carbons (Fsp3) is 0.306. The Morgan fingerprint density at radius 3 is 1.41 bits per heavy atom. The Morgan fingerprint density at radius 1 is 0.639 bits per heavy atom. The summed E-state index contributed by atoms with van der Waals surface area (Å²) in [6, 6.07) is 27.4. The van der Waals surface area contributed by atoms with E-state index in [2.05, 4.69) is 50.8 Å². The van der Waals surface area contributed by atoms with Gasteiger partial charge in [-0.05, 0) is 136 Å². The van der Waals surface area contributed by atoms with E-state index >= 15 is 0 Å². The Balaban J connectivity index is 0.000000219. The first-order valence-electron chi connectivity index (χ1n) is 19.7. The van der Waals surface area contributed by atoms with Crippen LogP contribution in [0.3, 0.4) is 0 Å². The molecule has 0 unspecified atom stereocenters. The van der Waals surface area contributed by atoms with Gasteiger partial charge >= 0.3 is 5.97 Å². The number of nitrogens with one attached hydrogen (secondary N) is 3. The topological polar surface area (TPSA) is 175 Å². The minimum atomic E-state index is -0.904. The summed E-state index contributed by atoms with van der Waals surface area (Å²) in [6.45, 7) is 19.4. The summed E-state index contributed by atoms with van der Waals surface area (Å²) in [5.41, 5.74) is 16.7. The van der Waals surface area contributed by atoms with Crippen LogP contribution in [0.15, 0.2) is 72.8 Å². The summed E-state index contributed by atoms with van der Waals surface area (Å²) in [5, 5.41) is 44.6. The zero-order valence-corrected chi connectivity index (χ0v) is 36.1. The van der Waals surface area contributed by atoms with E-state index in [1.165, 1.54) is 11.1 Å². The van der Waals surface area contributed by atoms with Crippen molar-refractivity contribution in [1.82, 2.24) is 30.6 Å². The van der Waals surface area contributed by atoms with Gasteiger partial charge in [-0.25, -0.2) is 4.79 Å². The molecule has 2 aromatic heterocycles. The molecular weight excluding hydrogens is 784 g/mol. The minimum absolute atomic E-state index is 0. The lowest BCUT2D eigenvalue weighted by Crippen LogP contribution is -2.48. The number of nitrogens with zero attached hydrogens (tertiary/aromatic N) is 5. The number of rotatable bonds is 6. The predicted octanol–water partition coefficient (Wildman–Crippen LogP) is 9.73. The van der Waals surface area contributed by atoms with Crippen LogP contribution in [-0.4, -0.2) is 68.5 Å². The van der Waals surface area contributed by atoms with E-state index in [0.29, 0.717) is 36.1 Å². The van der Waals surface area contributed by atoms with Crippen molar-refractivity contribution in [2.75, 3.05) is 26.2 Å². The van der Waals surface area contributed by atoms with E-state index in [-0.39, 0.29) is 25.7 Å². The third kappa shape index (κ3) is 10.3. The molecule has 0 saturated carbocycles. The van der Waals surface area contributed by atoms with Crippen molar-refractivity contribution in [3.8, 4) is 34.7 Å². The van der Waals surface area contributed by atoms with Gasteiger partial charge in [0.2, 0.25) is 0 Å². The largest absolute Gasteiger partial charge is 0.478 e. The number of likely N-dealkylation sites (tertiary alicyclic amines) is 1. The van der Waals surface area contributed by atoms with Gasteiger partial charge in [0.05, 0.1) is 40.2 Å². The first kappa shape index (κ1) is 47.2. The molecule has 4 N–H and O–H groups in total. The molecule has 316 valence electrons. The third-order valence-corrected chi connectivity index (χ3v) is 11.6. The molecule has 11 nitrogen and oxygen atoms in total. The molecule has 2 aliphatic heterocycles. The number of aromatic amines is 2. The Morgan fingerprint density at radius 2 is 1.05 bits per heavy atom. The van der Waals surface area contributed by atoms with E-state index in [0.717, 1.165) is 91.5 Å². The van der Waals surface area contributed by atoms with Crippen LogP contribution in [0, 0.1) is 78.1 Å². The molecule has 0 atom stereocenters. The molecule has 1 amide bonds. The van der Waals surface area contributed by atoms with Gasteiger partial charge in [0, 0.05) is 66.1 Å². The van der Waals surface area contributed by atoms with Crippen LogP contribution in [0.2, 0.25) is 0 Å². The van der Waals surface area contributed by atoms with Gasteiger partial charge in [-0.15, -0.1) is 12.4 Å². The lowest BCUT2D eigenvalue weighted by atomic mass is 9.89. The number of aryl methyl sites for hydroxylation is 6. The van der Waals surface area contributed by atoms with Crippen LogP contribution in [0.4, 0.5) is 0 Å². The SMILES string of the molecule is C.Cc1cc(C)c(-c2n[nH]c(C)c2C)cc1C(=O)N1CC(c2ccc(C#N)cc2)C1.Cc1cc(C)c(-c2n[nH]c(C)c2C)cc1C(=O)O.Cl.N#Cc1ccc(C2CNC2)cc1. The van der Waals surface area contributed by atoms with E-state index in [4.69, 9.17) is 10.5 Å². The van der Waals surface area contributed by atoms with E-state index in [1.807, 2.05) is 114 Å². The maximum Gasteiger partial charge on any atom is 0.335 e. The molecule has 2 aliphatic rings. The van der Waals surface area contributed by atoms with Crippen molar-refractivity contribution in [2.45, 2.75) is 74.7 Å². The molecule has 12 heteroatoms. The van der Waals surface area contributed by atoms with Crippen molar-refractivity contribution in [2.24, 2.45) is 0 Å². The second kappa shape index (κ2) is 20.2. The van der Waals surface area contributed by atoms with E-state index in [9.17, 15) is 14.7 Å². The molecule has 4 heterocycles. The molecule has 4 aromatic carbocycles. The quantitative estimate of drug-likeness (QED) is 0.128. The normalized spacial score (nSPS) is 13.0. The molecule has 6 aromatic rings. The van der Waals surface area contributed by atoms with Crippen molar-refractivity contribution >= 4 is 24.3 Å². The van der Waals surface area contributed by atoms with Gasteiger partial charge in [0.1, 0.15) is 0 Å². The lowest BCUT2D eigenvalue weighted by molar-refractivity contribution is 0.0601. The fourth-order valence-corrected chi connectivity index (χ4v) is 7.38. The number of carbonyl (C=O) groups excluding carboxylic acids is 1. The van der Waals surface area contributed by atoms with Gasteiger partial charge in [-0.2, -0.15) is 20.7 Å². The smallest absolute Gasteiger partial charge is 0.335 e. The first-order chi connectivity index (χ1) is 28.2. The van der Waals surface area contributed by atoms with Crippen molar-refractivity contribution < 1.29 is 14.7 Å². The first-order valence-corrected chi connectivity index (χ1v) is 19.7. The number of hydrogen-bond acceptors (Lipinski definition) is 7. The molecular formula is C49H55ClN8O3. The molecule has 2 saturated heterocycles. The standard InChI is InChI=1S/C24H24N4O.C14H16N2O2.C10H10N2.CH4.ClH/c1-14-9-15(2)22(10-21(14)23-16(3)17(4)26-27-23)24(29)28-12-20(13-28)19-7-5-18(11-25)6-8-19;1-7-5-8(2)12(14(17)18)6-11(7)13-9(3)10(4)15-16-13;11-5-8-1-3-9(4-2-8)10-6-12-7-10;;/h5-10,20H,12-13H2,1-4H3,(H,26,27);5-6H,1-4H3,(H,15,16)(H,17,18);1-4,10,12H,6-7H2;1H4;1H. The predicted molar refractivity (Wildman–Crippen MR) is 243 cm³/mol. The fourth-order valence-electron chi connectivity index (χ4n) is 7.38. The summed E-state index contributed by atoms with van der Waals surface area (Å²) < 4.78 is 0. The molecule has 0 aliphatic carbocycles. The highest BCUT2D eigenvalue weighted by Crippen LogP contribution is 2.33. The summed E-state index contributed by atoms with van der Waals surface area (Å²) in [5.74, 6) is 0.156. The molecule has 0 radical (unpaired) electrons. The van der Waals surface area contributed by atoms with Crippen LogP contribution < -0.4 is 5.32 Å². The van der Waals surface area contributed by atoms with Crippen molar-refractivity contribution in [1.29, 1.82) is 10.5 Å². The third-order valence-electron chi connectivity index (χ3n) is 11.6. The van der Waals surface area contributed by atoms with Crippen LogP contribution in [0.1, 0.15) is 107 Å². The van der Waals surface area contributed by atoms with Crippen molar-refractivity contribution in [3.05, 3.63) is 151 Å². The summed E-state index contributed by atoms with van der Waals surface area (Å²) in [7, 11) is 0. The zero-order valence-electron chi connectivity index (χ0n) is 35.3.